The number of amides is 1. The number of nitrogens with zero attached hydrogens (tertiary/aromatic N) is 1. The van der Waals surface area contributed by atoms with Crippen molar-refractivity contribution < 1.29 is 9.21 Å². The van der Waals surface area contributed by atoms with Gasteiger partial charge >= 0.3 is 0 Å². The highest BCUT2D eigenvalue weighted by atomic mass is 16.4. The van der Waals surface area contributed by atoms with Gasteiger partial charge < -0.3 is 9.73 Å². The number of carbonyl (C=O) groups excluding carboxylic acids is 1. The van der Waals surface area contributed by atoms with Gasteiger partial charge in [-0.05, 0) is 27.7 Å². The topological polar surface area (TPSA) is 67.2 Å². The smallest absolute Gasteiger partial charge is 0.237 e. The van der Waals surface area contributed by atoms with Crippen LogP contribution in [0.25, 0.3) is 0 Å². The van der Waals surface area contributed by atoms with Crippen LogP contribution in [0, 0.1) is 6.92 Å². The molecule has 0 bridgehead atoms. The predicted octanol–water partition coefficient (Wildman–Crippen LogP) is 0.986. The standard InChI is InChI=1S/C11H19N3O2/c1-7(2)14-11(15)9(4)12-6-10-13-5-8(3)16-10/h5,7,9,12H,6H2,1-4H3,(H,14,15). The molecular weight excluding hydrogens is 206 g/mol. The van der Waals surface area contributed by atoms with E-state index in [2.05, 4.69) is 15.6 Å². The molecule has 0 aliphatic heterocycles. The Morgan fingerprint density at radius 1 is 1.50 bits per heavy atom. The summed E-state index contributed by atoms with van der Waals surface area (Å²) in [7, 11) is 0. The molecule has 1 amide bonds. The van der Waals surface area contributed by atoms with Gasteiger partial charge in [-0.25, -0.2) is 4.98 Å². The van der Waals surface area contributed by atoms with E-state index in [4.69, 9.17) is 4.42 Å². The molecule has 1 atom stereocenters. The summed E-state index contributed by atoms with van der Waals surface area (Å²) in [6.07, 6.45) is 1.66. The summed E-state index contributed by atoms with van der Waals surface area (Å²) < 4.78 is 5.29. The molecule has 1 aromatic rings. The minimum atomic E-state index is -0.255. The Hall–Kier alpha value is -1.36. The molecule has 0 spiro atoms. The number of hydrogen-bond acceptors (Lipinski definition) is 4. The van der Waals surface area contributed by atoms with E-state index in [1.165, 1.54) is 0 Å². The van der Waals surface area contributed by atoms with Gasteiger partial charge in [0.05, 0.1) is 18.8 Å². The van der Waals surface area contributed by atoms with Crippen LogP contribution >= 0.6 is 0 Å². The average Bonchev–Trinajstić information content (AvgIpc) is 2.59. The molecule has 0 saturated carbocycles. The predicted molar refractivity (Wildman–Crippen MR) is 60.8 cm³/mol. The molecule has 1 unspecified atom stereocenters. The first-order chi connectivity index (χ1) is 7.49. The van der Waals surface area contributed by atoms with Gasteiger partial charge in [-0.15, -0.1) is 0 Å². The van der Waals surface area contributed by atoms with Crippen LogP contribution in [0.3, 0.4) is 0 Å². The fourth-order valence-electron chi connectivity index (χ4n) is 1.23. The van der Waals surface area contributed by atoms with E-state index in [1.54, 1.807) is 6.20 Å². The largest absolute Gasteiger partial charge is 0.445 e. The Bertz CT molecular complexity index is 347. The molecule has 5 heteroatoms. The Morgan fingerprint density at radius 3 is 2.69 bits per heavy atom. The van der Waals surface area contributed by atoms with Gasteiger partial charge in [0.15, 0.2) is 0 Å². The second kappa shape index (κ2) is 5.65. The second-order valence-corrected chi connectivity index (χ2v) is 4.13. The molecular formula is C11H19N3O2. The van der Waals surface area contributed by atoms with Crippen LogP contribution in [-0.4, -0.2) is 23.0 Å². The number of hydrogen-bond donors (Lipinski definition) is 2. The first kappa shape index (κ1) is 12.7. The van der Waals surface area contributed by atoms with Gasteiger partial charge in [0, 0.05) is 6.04 Å². The highest BCUT2D eigenvalue weighted by Crippen LogP contribution is 2.01. The fraction of sp³-hybridized carbons (Fsp3) is 0.636. The van der Waals surface area contributed by atoms with Gasteiger partial charge in [0.25, 0.3) is 0 Å². The highest BCUT2D eigenvalue weighted by Gasteiger charge is 2.13. The molecule has 16 heavy (non-hydrogen) atoms. The minimum absolute atomic E-state index is 0.0155. The maximum atomic E-state index is 11.6. The SMILES string of the molecule is Cc1cnc(CNC(C)C(=O)NC(C)C)o1. The zero-order valence-electron chi connectivity index (χ0n) is 10.2. The van der Waals surface area contributed by atoms with Gasteiger partial charge in [-0.2, -0.15) is 0 Å². The third-order valence-corrected chi connectivity index (χ3v) is 2.05. The number of rotatable bonds is 5. The van der Waals surface area contributed by atoms with Crippen LogP contribution in [-0.2, 0) is 11.3 Å². The van der Waals surface area contributed by atoms with Crippen LogP contribution in [0.4, 0.5) is 0 Å². The summed E-state index contributed by atoms with van der Waals surface area (Å²) in [5.74, 6) is 1.36. The Kier molecular flexibility index (Phi) is 4.49. The molecule has 0 aliphatic rings. The third-order valence-electron chi connectivity index (χ3n) is 2.05. The molecule has 0 fully saturated rings. The van der Waals surface area contributed by atoms with Crippen LogP contribution in [0.5, 0.6) is 0 Å². The highest BCUT2D eigenvalue weighted by molar-refractivity contribution is 5.81. The molecule has 1 heterocycles. The van der Waals surface area contributed by atoms with E-state index < -0.39 is 0 Å². The van der Waals surface area contributed by atoms with Gasteiger partial charge in [0.1, 0.15) is 5.76 Å². The van der Waals surface area contributed by atoms with Crippen LogP contribution in [0.2, 0.25) is 0 Å². The number of aromatic nitrogens is 1. The van der Waals surface area contributed by atoms with Crippen LogP contribution in [0.1, 0.15) is 32.4 Å². The Balaban J connectivity index is 2.34. The Labute approximate surface area is 95.6 Å². The van der Waals surface area contributed by atoms with Crippen molar-refractivity contribution in [2.75, 3.05) is 0 Å². The maximum Gasteiger partial charge on any atom is 0.237 e. The molecule has 2 N–H and O–H groups in total. The molecule has 1 aromatic heterocycles. The van der Waals surface area contributed by atoms with Crippen LogP contribution < -0.4 is 10.6 Å². The molecule has 90 valence electrons. The summed E-state index contributed by atoms with van der Waals surface area (Å²) in [6.45, 7) is 7.98. The number of carbonyl (C=O) groups is 1. The first-order valence-electron chi connectivity index (χ1n) is 5.44. The van der Waals surface area contributed by atoms with Crippen LogP contribution in [0.15, 0.2) is 10.6 Å². The fourth-order valence-corrected chi connectivity index (χ4v) is 1.23. The second-order valence-electron chi connectivity index (χ2n) is 4.13. The van der Waals surface area contributed by atoms with Crippen molar-refractivity contribution in [3.63, 3.8) is 0 Å². The third kappa shape index (κ3) is 4.02. The lowest BCUT2D eigenvalue weighted by Crippen LogP contribution is -2.44. The lowest BCUT2D eigenvalue weighted by Gasteiger charge is -2.14. The molecule has 0 saturated heterocycles. The number of nitrogens with one attached hydrogen (secondary N) is 2. The molecule has 0 aliphatic carbocycles. The number of aryl methyl sites for hydroxylation is 1. The van der Waals surface area contributed by atoms with Gasteiger partial charge in [0.2, 0.25) is 11.8 Å². The van der Waals surface area contributed by atoms with Crippen molar-refractivity contribution in [2.45, 2.75) is 46.3 Å². The van der Waals surface area contributed by atoms with Crippen molar-refractivity contribution >= 4 is 5.91 Å². The first-order valence-corrected chi connectivity index (χ1v) is 5.44. The zero-order chi connectivity index (χ0) is 12.1. The summed E-state index contributed by atoms with van der Waals surface area (Å²) in [5, 5.41) is 5.88. The van der Waals surface area contributed by atoms with Gasteiger partial charge in [-0.3, -0.25) is 10.1 Å². The van der Waals surface area contributed by atoms with E-state index in [-0.39, 0.29) is 18.0 Å². The van der Waals surface area contributed by atoms with E-state index in [9.17, 15) is 4.79 Å². The van der Waals surface area contributed by atoms with Crippen molar-refractivity contribution in [1.29, 1.82) is 0 Å². The van der Waals surface area contributed by atoms with Crippen molar-refractivity contribution in [3.05, 3.63) is 17.8 Å². The van der Waals surface area contributed by atoms with E-state index in [1.807, 2.05) is 27.7 Å². The van der Waals surface area contributed by atoms with Crippen molar-refractivity contribution in [3.8, 4) is 0 Å². The summed E-state index contributed by atoms with van der Waals surface area (Å²) in [5.41, 5.74) is 0. The molecule has 0 aromatic carbocycles. The summed E-state index contributed by atoms with van der Waals surface area (Å²) in [6, 6.07) is -0.102. The number of oxazole rings is 1. The quantitative estimate of drug-likeness (QED) is 0.784. The van der Waals surface area contributed by atoms with E-state index in [0.29, 0.717) is 12.4 Å². The Morgan fingerprint density at radius 2 is 2.19 bits per heavy atom. The molecule has 1 rings (SSSR count). The molecule has 0 radical (unpaired) electrons. The summed E-state index contributed by atoms with van der Waals surface area (Å²) in [4.78, 5) is 15.6. The lowest BCUT2D eigenvalue weighted by atomic mass is 10.3. The van der Waals surface area contributed by atoms with E-state index >= 15 is 0 Å². The summed E-state index contributed by atoms with van der Waals surface area (Å²) >= 11 is 0. The molecule has 5 nitrogen and oxygen atoms in total. The van der Waals surface area contributed by atoms with Crippen molar-refractivity contribution in [2.24, 2.45) is 0 Å². The average molecular weight is 225 g/mol. The van der Waals surface area contributed by atoms with Gasteiger partial charge in [-0.1, -0.05) is 0 Å². The normalized spacial score (nSPS) is 12.8. The lowest BCUT2D eigenvalue weighted by molar-refractivity contribution is -0.123. The minimum Gasteiger partial charge on any atom is -0.445 e. The van der Waals surface area contributed by atoms with E-state index in [0.717, 1.165) is 5.76 Å². The monoisotopic (exact) mass is 225 g/mol. The maximum absolute atomic E-state index is 11.6. The zero-order valence-corrected chi connectivity index (χ0v) is 10.2. The van der Waals surface area contributed by atoms with Crippen molar-refractivity contribution in [1.82, 2.24) is 15.6 Å².